The third-order valence-electron chi connectivity index (χ3n) is 5.29. The van der Waals surface area contributed by atoms with Gasteiger partial charge < -0.3 is 25.2 Å². The van der Waals surface area contributed by atoms with Crippen molar-refractivity contribution in [2.24, 2.45) is 0 Å². The number of amides is 2. The predicted octanol–water partition coefficient (Wildman–Crippen LogP) is 2.91. The van der Waals surface area contributed by atoms with Crippen LogP contribution in [0.2, 0.25) is 0 Å². The van der Waals surface area contributed by atoms with Crippen LogP contribution in [0.4, 0.5) is 4.79 Å². The molecule has 0 aromatic heterocycles. The van der Waals surface area contributed by atoms with Crippen LogP contribution in [0, 0.1) is 0 Å². The van der Waals surface area contributed by atoms with Crippen molar-refractivity contribution in [2.45, 2.75) is 31.8 Å². The molecule has 0 spiro atoms. The number of carboxylic acids is 1. The maximum atomic E-state index is 12.3. The van der Waals surface area contributed by atoms with Crippen LogP contribution >= 0.6 is 0 Å². The largest absolute Gasteiger partial charge is 0.481 e. The molecular weight excluding hydrogens is 412 g/mol. The number of rotatable bonds is 11. The van der Waals surface area contributed by atoms with Gasteiger partial charge in [0.2, 0.25) is 5.91 Å². The van der Waals surface area contributed by atoms with Crippen molar-refractivity contribution in [3.63, 3.8) is 0 Å². The van der Waals surface area contributed by atoms with Gasteiger partial charge in [-0.05, 0) is 29.2 Å². The highest BCUT2D eigenvalue weighted by molar-refractivity contribution is 5.79. The fourth-order valence-electron chi connectivity index (χ4n) is 3.86. The number of carboxylic acid groups (broad SMARTS) is 1. The molecule has 0 heterocycles. The van der Waals surface area contributed by atoms with E-state index in [-0.39, 0.29) is 44.4 Å². The van der Waals surface area contributed by atoms with Gasteiger partial charge in [-0.2, -0.15) is 0 Å². The zero-order chi connectivity index (χ0) is 22.9. The molecule has 32 heavy (non-hydrogen) atoms. The van der Waals surface area contributed by atoms with Crippen LogP contribution in [0.1, 0.15) is 36.8 Å². The summed E-state index contributed by atoms with van der Waals surface area (Å²) in [5.41, 5.74) is 4.57. The van der Waals surface area contributed by atoms with Gasteiger partial charge in [-0.1, -0.05) is 48.5 Å². The van der Waals surface area contributed by atoms with E-state index in [0.29, 0.717) is 6.61 Å². The maximum absolute atomic E-state index is 12.3. The smallest absolute Gasteiger partial charge is 0.407 e. The van der Waals surface area contributed by atoms with Crippen LogP contribution in [0.15, 0.2) is 48.5 Å². The van der Waals surface area contributed by atoms with Gasteiger partial charge in [0.05, 0.1) is 18.9 Å². The average Bonchev–Trinajstić information content (AvgIpc) is 3.10. The molecule has 8 heteroatoms. The highest BCUT2D eigenvalue weighted by Crippen LogP contribution is 2.44. The summed E-state index contributed by atoms with van der Waals surface area (Å²) < 4.78 is 11.0. The Balaban J connectivity index is 1.50. The van der Waals surface area contributed by atoms with Crippen molar-refractivity contribution in [2.75, 3.05) is 26.3 Å². The SMILES string of the molecule is CCOC(CNC(=O)OCC1c2ccccc2-c2ccccc21)CC(=O)NCCC(=O)O. The molecule has 3 rings (SSSR count). The topological polar surface area (TPSA) is 114 Å². The quantitative estimate of drug-likeness (QED) is 0.495. The van der Waals surface area contributed by atoms with E-state index in [9.17, 15) is 14.4 Å². The molecule has 1 unspecified atom stereocenters. The van der Waals surface area contributed by atoms with E-state index < -0.39 is 18.2 Å². The Hall–Kier alpha value is -3.39. The second kappa shape index (κ2) is 11.3. The predicted molar refractivity (Wildman–Crippen MR) is 118 cm³/mol. The van der Waals surface area contributed by atoms with Crippen molar-refractivity contribution in [1.82, 2.24) is 10.6 Å². The van der Waals surface area contributed by atoms with Crippen molar-refractivity contribution >= 4 is 18.0 Å². The first-order chi connectivity index (χ1) is 15.5. The summed E-state index contributed by atoms with van der Waals surface area (Å²) in [6.45, 7) is 2.53. The zero-order valence-electron chi connectivity index (χ0n) is 18.0. The Bertz CT molecular complexity index is 916. The highest BCUT2D eigenvalue weighted by Gasteiger charge is 2.29. The van der Waals surface area contributed by atoms with Gasteiger partial charge in [0.1, 0.15) is 6.61 Å². The summed E-state index contributed by atoms with van der Waals surface area (Å²) in [6.07, 6.45) is -1.26. The van der Waals surface area contributed by atoms with Crippen LogP contribution in [0.5, 0.6) is 0 Å². The number of nitrogens with one attached hydrogen (secondary N) is 2. The Morgan fingerprint density at radius 2 is 1.62 bits per heavy atom. The molecule has 2 aromatic carbocycles. The highest BCUT2D eigenvalue weighted by atomic mass is 16.5. The molecule has 0 saturated carbocycles. The van der Waals surface area contributed by atoms with Crippen LogP contribution in [-0.2, 0) is 19.1 Å². The Morgan fingerprint density at radius 3 is 2.22 bits per heavy atom. The second-order valence-corrected chi connectivity index (χ2v) is 7.48. The summed E-state index contributed by atoms with van der Waals surface area (Å²) >= 11 is 0. The first kappa shape index (κ1) is 23.3. The van der Waals surface area contributed by atoms with E-state index in [0.717, 1.165) is 22.3 Å². The van der Waals surface area contributed by atoms with Gasteiger partial charge in [-0.25, -0.2) is 4.79 Å². The second-order valence-electron chi connectivity index (χ2n) is 7.48. The number of hydrogen-bond acceptors (Lipinski definition) is 5. The minimum Gasteiger partial charge on any atom is -0.481 e. The maximum Gasteiger partial charge on any atom is 0.407 e. The first-order valence-electron chi connectivity index (χ1n) is 10.7. The summed E-state index contributed by atoms with van der Waals surface area (Å²) in [6, 6.07) is 16.2. The molecule has 0 fully saturated rings. The molecule has 1 aliphatic carbocycles. The number of fused-ring (bicyclic) bond motifs is 3. The number of aliphatic carboxylic acids is 1. The molecule has 3 N–H and O–H groups in total. The van der Waals surface area contributed by atoms with Gasteiger partial charge in [-0.15, -0.1) is 0 Å². The Morgan fingerprint density at radius 1 is 1.00 bits per heavy atom. The lowest BCUT2D eigenvalue weighted by molar-refractivity contribution is -0.137. The standard InChI is InChI=1S/C24H28N2O6/c1-2-31-16(13-22(27)25-12-11-23(28)29)14-26-24(30)32-15-21-19-9-5-3-7-17(19)18-8-4-6-10-20(18)21/h3-10,16,21H,2,11-15H2,1H3,(H,25,27)(H,26,30)(H,28,29). The van der Waals surface area contributed by atoms with Crippen molar-refractivity contribution in [1.29, 1.82) is 0 Å². The van der Waals surface area contributed by atoms with E-state index in [2.05, 4.69) is 34.9 Å². The fourth-order valence-corrected chi connectivity index (χ4v) is 3.86. The number of benzene rings is 2. The lowest BCUT2D eigenvalue weighted by Gasteiger charge is -2.18. The molecule has 0 bridgehead atoms. The Labute approximate surface area is 186 Å². The minimum atomic E-state index is -0.983. The van der Waals surface area contributed by atoms with E-state index in [1.165, 1.54) is 0 Å². The summed E-state index contributed by atoms with van der Waals surface area (Å²) in [7, 11) is 0. The number of ether oxygens (including phenoxy) is 2. The van der Waals surface area contributed by atoms with Crippen LogP contribution in [0.25, 0.3) is 11.1 Å². The lowest BCUT2D eigenvalue weighted by Crippen LogP contribution is -2.38. The molecule has 2 amide bonds. The molecule has 1 aliphatic rings. The average molecular weight is 440 g/mol. The first-order valence-corrected chi connectivity index (χ1v) is 10.7. The fraction of sp³-hybridized carbons (Fsp3) is 0.375. The number of carbonyl (C=O) groups excluding carboxylic acids is 2. The van der Waals surface area contributed by atoms with E-state index >= 15 is 0 Å². The molecule has 0 aliphatic heterocycles. The third kappa shape index (κ3) is 6.07. The zero-order valence-corrected chi connectivity index (χ0v) is 18.0. The van der Waals surface area contributed by atoms with Gasteiger partial charge in [0.15, 0.2) is 0 Å². The van der Waals surface area contributed by atoms with Gasteiger partial charge >= 0.3 is 12.1 Å². The van der Waals surface area contributed by atoms with Crippen LogP contribution < -0.4 is 10.6 Å². The monoisotopic (exact) mass is 440 g/mol. The van der Waals surface area contributed by atoms with Crippen molar-refractivity contribution in [3.05, 3.63) is 59.7 Å². The number of carbonyl (C=O) groups is 3. The summed E-state index contributed by atoms with van der Waals surface area (Å²) in [4.78, 5) is 34.8. The van der Waals surface area contributed by atoms with Gasteiger partial charge in [0, 0.05) is 25.6 Å². The molecular formula is C24H28N2O6. The van der Waals surface area contributed by atoms with E-state index in [1.807, 2.05) is 24.3 Å². The molecule has 0 radical (unpaired) electrons. The van der Waals surface area contributed by atoms with Gasteiger partial charge in [-0.3, -0.25) is 9.59 Å². The molecule has 0 saturated heterocycles. The normalized spacial score (nSPS) is 13.0. The molecule has 8 nitrogen and oxygen atoms in total. The van der Waals surface area contributed by atoms with Crippen LogP contribution in [0.3, 0.4) is 0 Å². The number of hydrogen-bond donors (Lipinski definition) is 3. The summed E-state index contributed by atoms with van der Waals surface area (Å²) in [5.74, 6) is -1.35. The third-order valence-corrected chi connectivity index (χ3v) is 5.29. The van der Waals surface area contributed by atoms with Crippen molar-refractivity contribution in [3.8, 4) is 11.1 Å². The molecule has 2 aromatic rings. The van der Waals surface area contributed by atoms with Crippen molar-refractivity contribution < 1.29 is 29.0 Å². The van der Waals surface area contributed by atoms with E-state index in [1.54, 1.807) is 6.92 Å². The van der Waals surface area contributed by atoms with E-state index in [4.69, 9.17) is 14.6 Å². The lowest BCUT2D eigenvalue weighted by atomic mass is 9.98. The molecule has 1 atom stereocenters. The van der Waals surface area contributed by atoms with Gasteiger partial charge in [0.25, 0.3) is 0 Å². The summed E-state index contributed by atoms with van der Waals surface area (Å²) in [5, 5.41) is 13.8. The number of alkyl carbamates (subject to hydrolysis) is 1. The minimum absolute atomic E-state index is 0.0110. The Kier molecular flexibility index (Phi) is 8.21. The van der Waals surface area contributed by atoms with Crippen LogP contribution in [-0.4, -0.2) is 55.5 Å². The molecule has 170 valence electrons.